The normalized spacial score (nSPS) is 19.2. The molecule has 0 radical (unpaired) electrons. The molecule has 202 valence electrons. The van der Waals surface area contributed by atoms with Gasteiger partial charge in [-0.25, -0.2) is 4.98 Å². The van der Waals surface area contributed by atoms with Crippen molar-refractivity contribution in [3.8, 4) is 10.4 Å². The Kier molecular flexibility index (Phi) is 7.36. The van der Waals surface area contributed by atoms with E-state index in [2.05, 4.69) is 47.3 Å². The lowest BCUT2D eigenvalue weighted by Crippen LogP contribution is -2.41. The highest BCUT2D eigenvalue weighted by molar-refractivity contribution is 7.22. The van der Waals surface area contributed by atoms with E-state index in [1.807, 2.05) is 32.1 Å². The Morgan fingerprint density at radius 3 is 2.87 bits per heavy atom. The number of nitrogens with one attached hydrogen (secondary N) is 2. The van der Waals surface area contributed by atoms with Crippen molar-refractivity contribution >= 4 is 45.8 Å². The van der Waals surface area contributed by atoms with Crippen LogP contribution in [-0.2, 0) is 12.8 Å². The fourth-order valence-corrected chi connectivity index (χ4v) is 6.78. The highest BCUT2D eigenvalue weighted by Crippen LogP contribution is 2.43. The monoisotopic (exact) mass is 542 g/mol. The van der Waals surface area contributed by atoms with E-state index in [-0.39, 0.29) is 23.9 Å². The maximum Gasteiger partial charge on any atom is 0.254 e. The van der Waals surface area contributed by atoms with Crippen molar-refractivity contribution in [2.45, 2.75) is 65.5 Å². The number of primary amides is 1. The molecule has 0 bridgehead atoms. The van der Waals surface area contributed by atoms with Gasteiger partial charge < -0.3 is 16.4 Å². The van der Waals surface area contributed by atoms with Crippen molar-refractivity contribution in [1.82, 2.24) is 15.3 Å². The zero-order chi connectivity index (χ0) is 27.8. The summed E-state index contributed by atoms with van der Waals surface area (Å²) in [6.07, 6.45) is 8.80. The molecule has 1 aliphatic carbocycles. The molecule has 9 heteroatoms. The number of nitrogens with zero attached hydrogens (tertiary/aromatic N) is 3. The van der Waals surface area contributed by atoms with Gasteiger partial charge in [-0.1, -0.05) is 26.0 Å². The van der Waals surface area contributed by atoms with Gasteiger partial charge in [0.1, 0.15) is 5.82 Å². The first kappa shape index (κ1) is 26.7. The lowest BCUT2D eigenvalue weighted by molar-refractivity contribution is 0.0928. The number of nitrogens with two attached hydrogens (primary N) is 1. The first-order chi connectivity index (χ1) is 18.7. The van der Waals surface area contributed by atoms with Crippen molar-refractivity contribution in [3.05, 3.63) is 64.3 Å². The number of hydrogen-bond donors (Lipinski definition) is 3. The first-order valence-corrected chi connectivity index (χ1v) is 14.2. The number of carbonyl (C=O) groups is 2. The number of pyridine rings is 2. The van der Waals surface area contributed by atoms with E-state index < -0.39 is 5.91 Å². The van der Waals surface area contributed by atoms with Crippen molar-refractivity contribution in [1.29, 1.82) is 0 Å². The van der Waals surface area contributed by atoms with Crippen LogP contribution in [0.3, 0.4) is 0 Å². The summed E-state index contributed by atoms with van der Waals surface area (Å²) in [6.45, 7) is 11.8. The van der Waals surface area contributed by atoms with Crippen LogP contribution in [0.4, 0.5) is 5.82 Å². The molecule has 5 rings (SSSR count). The molecule has 2 unspecified atom stereocenters. The molecule has 8 nitrogen and oxygen atoms in total. The Hall–Kier alpha value is -3.85. The predicted molar refractivity (Wildman–Crippen MR) is 159 cm³/mol. The average Bonchev–Trinajstić information content (AvgIpc) is 3.47. The minimum atomic E-state index is -0.576. The van der Waals surface area contributed by atoms with Crippen molar-refractivity contribution in [2.75, 3.05) is 5.32 Å². The Balaban J connectivity index is 1.68. The minimum Gasteiger partial charge on any atom is -0.366 e. The van der Waals surface area contributed by atoms with E-state index in [9.17, 15) is 9.59 Å². The molecule has 2 atom stereocenters. The maximum absolute atomic E-state index is 13.3. The molecular formula is C30H34N6O2S. The van der Waals surface area contributed by atoms with Crippen LogP contribution in [0.15, 0.2) is 46.7 Å². The molecule has 1 aliphatic heterocycles. The molecule has 0 aromatic carbocycles. The molecular weight excluding hydrogens is 508 g/mol. The van der Waals surface area contributed by atoms with Gasteiger partial charge in [0, 0.05) is 34.8 Å². The van der Waals surface area contributed by atoms with Gasteiger partial charge in [-0.2, -0.15) is 0 Å². The van der Waals surface area contributed by atoms with Gasteiger partial charge in [-0.3, -0.25) is 19.6 Å². The summed E-state index contributed by atoms with van der Waals surface area (Å²) < 4.78 is 0.948. The number of hydrogen-bond acceptors (Lipinski definition) is 7. The predicted octanol–water partition coefficient (Wildman–Crippen LogP) is 5.44. The summed E-state index contributed by atoms with van der Waals surface area (Å²) >= 11 is 1.51. The van der Waals surface area contributed by atoms with Crippen LogP contribution >= 0.6 is 11.3 Å². The van der Waals surface area contributed by atoms with Gasteiger partial charge in [0.2, 0.25) is 0 Å². The first-order valence-electron chi connectivity index (χ1n) is 13.4. The number of rotatable bonds is 8. The van der Waals surface area contributed by atoms with Crippen LogP contribution in [0.25, 0.3) is 20.5 Å². The number of amides is 2. The van der Waals surface area contributed by atoms with E-state index in [1.54, 1.807) is 6.20 Å². The van der Waals surface area contributed by atoms with E-state index in [4.69, 9.17) is 10.7 Å². The van der Waals surface area contributed by atoms with Gasteiger partial charge in [0.15, 0.2) is 0 Å². The third kappa shape index (κ3) is 4.98. The Morgan fingerprint density at radius 1 is 1.38 bits per heavy atom. The van der Waals surface area contributed by atoms with Gasteiger partial charge >= 0.3 is 0 Å². The van der Waals surface area contributed by atoms with Gasteiger partial charge in [0.05, 0.1) is 33.3 Å². The van der Waals surface area contributed by atoms with Crippen LogP contribution in [0.5, 0.6) is 0 Å². The summed E-state index contributed by atoms with van der Waals surface area (Å²) in [5.41, 5.74) is 10.8. The van der Waals surface area contributed by atoms with E-state index >= 15 is 0 Å². The summed E-state index contributed by atoms with van der Waals surface area (Å²) in [6, 6.07) is 3.99. The SMILES string of the molecule is C=NC1=C(/C=C\C)C(Nc2nccc3cc(-c4c(C(N)=O)c(CC(C)C)nc5c4C(=O)NC(C)C5)sc23)CC1. The summed E-state index contributed by atoms with van der Waals surface area (Å²) in [5.74, 6) is 0.216. The second-order valence-corrected chi connectivity index (χ2v) is 11.7. The number of carbonyl (C=O) groups excluding carboxylic acids is 2. The zero-order valence-electron chi connectivity index (χ0n) is 22.8. The number of fused-ring (bicyclic) bond motifs is 2. The Bertz CT molecular complexity index is 1550. The highest BCUT2D eigenvalue weighted by atomic mass is 32.1. The molecule has 2 amide bonds. The fourth-order valence-electron chi connectivity index (χ4n) is 5.61. The third-order valence-corrected chi connectivity index (χ3v) is 8.38. The van der Waals surface area contributed by atoms with Crippen LogP contribution < -0.4 is 16.4 Å². The smallest absolute Gasteiger partial charge is 0.254 e. The van der Waals surface area contributed by atoms with Crippen molar-refractivity contribution in [3.63, 3.8) is 0 Å². The third-order valence-electron chi connectivity index (χ3n) is 7.21. The highest BCUT2D eigenvalue weighted by Gasteiger charge is 2.33. The van der Waals surface area contributed by atoms with Gasteiger partial charge in [0.25, 0.3) is 11.8 Å². The lowest BCUT2D eigenvalue weighted by atomic mass is 9.89. The number of aliphatic imine (C=N–C) groups is 1. The second kappa shape index (κ2) is 10.7. The molecule has 4 N–H and O–H groups in total. The van der Waals surface area contributed by atoms with Gasteiger partial charge in [-0.05, 0) is 68.8 Å². The second-order valence-electron chi connectivity index (χ2n) is 10.7. The standard InChI is InChI=1S/C30H34N6O2S/c1-6-7-18-19(32-5)8-9-20(18)36-29-27-17(10-11-33-29)14-23(39-27)26-24(28(31)37)21(12-15(2)3)35-22-13-16(4)34-30(38)25(22)26/h6-7,10-11,14-16,20H,5,8-9,12-13H2,1-4H3,(H2,31,37)(H,33,36)(H,34,38)/b7-6-. The number of thiophene rings is 1. The summed E-state index contributed by atoms with van der Waals surface area (Å²) in [5, 5.41) is 7.61. The van der Waals surface area contributed by atoms with E-state index in [0.29, 0.717) is 40.9 Å². The molecule has 2 aliphatic rings. The molecule has 3 aromatic rings. The topological polar surface area (TPSA) is 122 Å². The van der Waals surface area contributed by atoms with Crippen molar-refractivity contribution < 1.29 is 9.59 Å². The molecule has 39 heavy (non-hydrogen) atoms. The van der Waals surface area contributed by atoms with Crippen LogP contribution in [0.2, 0.25) is 0 Å². The van der Waals surface area contributed by atoms with E-state index in [0.717, 1.165) is 44.9 Å². The molecule has 0 spiro atoms. The average molecular weight is 543 g/mol. The number of allylic oxidation sites excluding steroid dienone is 2. The molecule has 0 saturated carbocycles. The summed E-state index contributed by atoms with van der Waals surface area (Å²) in [4.78, 5) is 40.8. The Labute approximate surface area is 232 Å². The quantitative estimate of drug-likeness (QED) is 0.327. The largest absolute Gasteiger partial charge is 0.366 e. The molecule has 4 heterocycles. The van der Waals surface area contributed by atoms with Crippen molar-refractivity contribution in [2.24, 2.45) is 16.6 Å². The Morgan fingerprint density at radius 2 is 2.18 bits per heavy atom. The molecule has 3 aromatic heterocycles. The lowest BCUT2D eigenvalue weighted by Gasteiger charge is -2.26. The minimum absolute atomic E-state index is 0.0418. The van der Waals surface area contributed by atoms with E-state index in [1.165, 1.54) is 11.3 Å². The molecule has 0 fully saturated rings. The maximum atomic E-state index is 13.3. The van der Waals surface area contributed by atoms with Crippen LogP contribution in [-0.4, -0.2) is 40.6 Å². The van der Waals surface area contributed by atoms with Crippen LogP contribution in [0, 0.1) is 5.92 Å². The zero-order valence-corrected chi connectivity index (χ0v) is 23.6. The number of aromatic nitrogens is 2. The van der Waals surface area contributed by atoms with Crippen LogP contribution in [0.1, 0.15) is 72.6 Å². The van der Waals surface area contributed by atoms with Gasteiger partial charge in [-0.15, -0.1) is 11.3 Å². The fraction of sp³-hybridized carbons (Fsp3) is 0.367. The summed E-state index contributed by atoms with van der Waals surface area (Å²) in [7, 11) is 0. The molecule has 0 saturated heterocycles. The number of anilines is 1.